The molecule has 0 unspecified atom stereocenters. The summed E-state index contributed by atoms with van der Waals surface area (Å²) < 4.78 is 0. The van der Waals surface area contributed by atoms with E-state index in [2.05, 4.69) is 20.8 Å². The van der Waals surface area contributed by atoms with Crippen molar-refractivity contribution < 1.29 is 9.59 Å². The quantitative estimate of drug-likeness (QED) is 0.681. The molecule has 26 heavy (non-hydrogen) atoms. The lowest BCUT2D eigenvalue weighted by Gasteiger charge is -2.32. The molecule has 1 aliphatic heterocycles. The van der Waals surface area contributed by atoms with Crippen LogP contribution in [0, 0.1) is 5.41 Å². The third-order valence-electron chi connectivity index (χ3n) is 5.05. The molecule has 0 bridgehead atoms. The summed E-state index contributed by atoms with van der Waals surface area (Å²) in [5.74, 6) is 0.302. The van der Waals surface area contributed by atoms with E-state index in [1.807, 2.05) is 36.4 Å². The Morgan fingerprint density at radius 2 is 1.96 bits per heavy atom. The van der Waals surface area contributed by atoms with Gasteiger partial charge in [-0.2, -0.15) is 0 Å². The summed E-state index contributed by atoms with van der Waals surface area (Å²) in [6.45, 7) is 6.63. The van der Waals surface area contributed by atoms with Crippen LogP contribution in [-0.4, -0.2) is 17.4 Å². The van der Waals surface area contributed by atoms with Crippen LogP contribution in [0.3, 0.4) is 0 Å². The van der Waals surface area contributed by atoms with Crippen molar-refractivity contribution in [2.75, 3.05) is 10.7 Å². The molecule has 1 aromatic rings. The van der Waals surface area contributed by atoms with E-state index in [0.717, 1.165) is 18.5 Å². The van der Waals surface area contributed by atoms with Gasteiger partial charge in [-0.1, -0.05) is 55.5 Å². The van der Waals surface area contributed by atoms with Gasteiger partial charge in [0.15, 0.2) is 5.78 Å². The monoisotopic (exact) mass is 367 g/mol. The maximum Gasteiger partial charge on any atom is 0.242 e. The number of anilines is 1. The Morgan fingerprint density at radius 1 is 1.23 bits per heavy atom. The Labute approximate surface area is 159 Å². The van der Waals surface area contributed by atoms with Crippen LogP contribution in [0.2, 0.25) is 0 Å². The van der Waals surface area contributed by atoms with E-state index in [4.69, 9.17) is 0 Å². The normalized spacial score (nSPS) is 21.9. The van der Waals surface area contributed by atoms with Gasteiger partial charge >= 0.3 is 0 Å². The first-order valence-electron chi connectivity index (χ1n) is 9.03. The lowest BCUT2D eigenvalue weighted by Crippen LogP contribution is -2.24. The summed E-state index contributed by atoms with van der Waals surface area (Å²) in [5, 5.41) is 0.699. The highest BCUT2D eigenvalue weighted by Gasteiger charge is 2.29. The van der Waals surface area contributed by atoms with Crippen molar-refractivity contribution in [3.63, 3.8) is 0 Å². The average Bonchev–Trinajstić information content (AvgIpc) is 2.95. The van der Waals surface area contributed by atoms with Crippen molar-refractivity contribution in [3.05, 3.63) is 64.7 Å². The van der Waals surface area contributed by atoms with Gasteiger partial charge in [-0.05, 0) is 55.4 Å². The highest BCUT2D eigenvalue weighted by Crippen LogP contribution is 2.40. The van der Waals surface area contributed by atoms with Gasteiger partial charge in [0.05, 0.1) is 10.8 Å². The van der Waals surface area contributed by atoms with E-state index in [1.165, 1.54) is 29.3 Å². The van der Waals surface area contributed by atoms with Crippen LogP contribution in [0.5, 0.6) is 0 Å². The molecule has 1 heterocycles. The number of para-hydroxylation sites is 1. The number of hydrogen-bond donors (Lipinski definition) is 0. The Morgan fingerprint density at radius 3 is 2.65 bits per heavy atom. The fourth-order valence-electron chi connectivity index (χ4n) is 3.69. The summed E-state index contributed by atoms with van der Waals surface area (Å²) in [4.78, 5) is 26.4. The van der Waals surface area contributed by atoms with Crippen LogP contribution < -0.4 is 4.90 Å². The highest BCUT2D eigenvalue weighted by atomic mass is 32.2. The molecule has 0 aromatic heterocycles. The summed E-state index contributed by atoms with van der Waals surface area (Å²) in [5.41, 5.74) is 3.55. The second-order valence-electron chi connectivity index (χ2n) is 7.50. The maximum atomic E-state index is 12.5. The summed E-state index contributed by atoms with van der Waals surface area (Å²) in [6.07, 6.45) is 8.65. The number of hydrogen-bond acceptors (Lipinski definition) is 3. The minimum atomic E-state index is -0.0789. The van der Waals surface area contributed by atoms with Crippen molar-refractivity contribution >= 4 is 29.1 Å². The van der Waals surface area contributed by atoms with E-state index >= 15 is 0 Å². The smallest absolute Gasteiger partial charge is 0.242 e. The van der Waals surface area contributed by atoms with Gasteiger partial charge < -0.3 is 0 Å². The fourth-order valence-corrected chi connectivity index (χ4v) is 4.62. The van der Waals surface area contributed by atoms with Crippen LogP contribution >= 0.6 is 11.8 Å². The predicted molar refractivity (Wildman–Crippen MR) is 109 cm³/mol. The molecular weight excluding hydrogens is 342 g/mol. The Hall–Kier alpha value is -2.07. The maximum absolute atomic E-state index is 12.5. The zero-order valence-electron chi connectivity index (χ0n) is 15.6. The highest BCUT2D eigenvalue weighted by molar-refractivity contribution is 8.04. The number of amides is 1. The Balaban J connectivity index is 1.81. The largest absolute Gasteiger partial charge is 0.290 e. The number of ketones is 1. The Bertz CT molecular complexity index is 803. The number of carbonyl (C=O) groups is 2. The minimum Gasteiger partial charge on any atom is -0.290 e. The standard InChI is InChI=1S/C22H25NO2S/c1-16-8-7-13-22(2,3)19(16)12-11-18(24)14-21-23(20(25)15-26-21)17-9-5-4-6-10-17/h4-6,9-12,14H,7-8,13,15H2,1-3H3/b12-11+,21-14-. The summed E-state index contributed by atoms with van der Waals surface area (Å²) in [7, 11) is 0. The molecule has 0 radical (unpaired) electrons. The molecule has 0 N–H and O–H groups in total. The van der Waals surface area contributed by atoms with E-state index < -0.39 is 0 Å². The number of allylic oxidation sites excluding steroid dienone is 5. The van der Waals surface area contributed by atoms with Gasteiger partial charge in [-0.15, -0.1) is 0 Å². The molecule has 3 nitrogen and oxygen atoms in total. The molecule has 0 saturated carbocycles. The van der Waals surface area contributed by atoms with E-state index in [9.17, 15) is 9.59 Å². The van der Waals surface area contributed by atoms with Gasteiger partial charge in [-0.25, -0.2) is 0 Å². The minimum absolute atomic E-state index is 0.0104. The molecule has 1 aliphatic carbocycles. The van der Waals surface area contributed by atoms with Crippen molar-refractivity contribution in [3.8, 4) is 0 Å². The van der Waals surface area contributed by atoms with E-state index in [0.29, 0.717) is 10.8 Å². The molecule has 3 rings (SSSR count). The third-order valence-corrected chi connectivity index (χ3v) is 6.04. The van der Waals surface area contributed by atoms with Crippen LogP contribution in [0.4, 0.5) is 5.69 Å². The molecular formula is C22H25NO2S. The molecule has 1 amide bonds. The van der Waals surface area contributed by atoms with Crippen LogP contribution in [0.1, 0.15) is 40.0 Å². The van der Waals surface area contributed by atoms with Gasteiger partial charge in [0.2, 0.25) is 5.91 Å². The molecule has 136 valence electrons. The number of carbonyl (C=O) groups excluding carboxylic acids is 2. The number of nitrogens with zero attached hydrogens (tertiary/aromatic N) is 1. The van der Waals surface area contributed by atoms with E-state index in [-0.39, 0.29) is 17.1 Å². The van der Waals surface area contributed by atoms with Gasteiger partial charge in [0.1, 0.15) is 0 Å². The third kappa shape index (κ3) is 4.01. The lowest BCUT2D eigenvalue weighted by molar-refractivity contribution is -0.115. The van der Waals surface area contributed by atoms with Crippen LogP contribution in [0.25, 0.3) is 0 Å². The molecule has 1 fully saturated rings. The zero-order valence-corrected chi connectivity index (χ0v) is 16.4. The first-order chi connectivity index (χ1) is 12.4. The zero-order chi connectivity index (χ0) is 18.7. The van der Waals surface area contributed by atoms with Crippen molar-refractivity contribution in [1.82, 2.24) is 0 Å². The number of thioether (sulfide) groups is 1. The molecule has 4 heteroatoms. The first kappa shape index (κ1) is 18.7. The van der Waals surface area contributed by atoms with Gasteiger partial charge in [0, 0.05) is 11.8 Å². The summed E-state index contributed by atoms with van der Waals surface area (Å²) in [6, 6.07) is 9.47. The Kier molecular flexibility index (Phi) is 5.52. The molecule has 1 saturated heterocycles. The summed E-state index contributed by atoms with van der Waals surface area (Å²) >= 11 is 1.41. The first-order valence-corrected chi connectivity index (χ1v) is 10.0. The topological polar surface area (TPSA) is 37.4 Å². The molecule has 0 spiro atoms. The molecule has 0 atom stereocenters. The van der Waals surface area contributed by atoms with E-state index in [1.54, 1.807) is 17.1 Å². The average molecular weight is 368 g/mol. The fraction of sp³-hybridized carbons (Fsp3) is 0.364. The van der Waals surface area contributed by atoms with Crippen molar-refractivity contribution in [2.24, 2.45) is 5.41 Å². The predicted octanol–water partition coefficient (Wildman–Crippen LogP) is 5.26. The second-order valence-corrected chi connectivity index (χ2v) is 8.50. The number of benzene rings is 1. The molecule has 1 aromatic carbocycles. The van der Waals surface area contributed by atoms with Crippen molar-refractivity contribution in [1.29, 1.82) is 0 Å². The van der Waals surface area contributed by atoms with Gasteiger partial charge in [-0.3, -0.25) is 14.5 Å². The molecule has 2 aliphatic rings. The lowest BCUT2D eigenvalue weighted by atomic mass is 9.72. The van der Waals surface area contributed by atoms with Crippen molar-refractivity contribution in [2.45, 2.75) is 40.0 Å². The van der Waals surface area contributed by atoms with Crippen LogP contribution in [-0.2, 0) is 9.59 Å². The second kappa shape index (κ2) is 7.67. The number of rotatable bonds is 4. The van der Waals surface area contributed by atoms with Gasteiger partial charge in [0.25, 0.3) is 0 Å². The van der Waals surface area contributed by atoms with Crippen LogP contribution in [0.15, 0.2) is 64.7 Å². The SMILES string of the molecule is CC1=C(/C=C/C(=O)/C=C2\SCC(=O)N2c2ccccc2)C(C)(C)CCC1.